The number of carboxylic acids is 1. The number of hydrogen-bond acceptors (Lipinski definition) is 7. The van der Waals surface area contributed by atoms with E-state index < -0.39 is 29.9 Å². The van der Waals surface area contributed by atoms with E-state index >= 15 is 0 Å². The van der Waals surface area contributed by atoms with E-state index in [2.05, 4.69) is 26.0 Å². The molecule has 2 rings (SSSR count). The fourth-order valence-corrected chi connectivity index (χ4v) is 2.67. The van der Waals surface area contributed by atoms with Gasteiger partial charge in [0.1, 0.15) is 17.4 Å². The zero-order valence-electron chi connectivity index (χ0n) is 17.8. The Morgan fingerprint density at radius 1 is 1.09 bits per heavy atom. The van der Waals surface area contributed by atoms with Gasteiger partial charge in [0.25, 0.3) is 6.16 Å². The lowest BCUT2D eigenvalue weighted by Crippen LogP contribution is -2.44. The molecule has 2 aromatic carbocycles. The van der Waals surface area contributed by atoms with Crippen molar-refractivity contribution in [1.82, 2.24) is 5.32 Å². The SMILES string of the molecule is CC(C)(C)OC(=O)N[C@@H](Cc1ccc(O)cc1)C(=O)O.O=C([O-])OCc1ccccc1Br. The summed E-state index contributed by atoms with van der Waals surface area (Å²) in [6.07, 6.45) is -2.18. The molecule has 0 unspecified atom stereocenters. The maximum Gasteiger partial charge on any atom is 0.408 e. The molecule has 10 heteroatoms. The molecule has 0 fully saturated rings. The molecule has 174 valence electrons. The molecule has 0 aliphatic carbocycles. The summed E-state index contributed by atoms with van der Waals surface area (Å²) in [6, 6.07) is 12.3. The Balaban J connectivity index is 0.000000363. The van der Waals surface area contributed by atoms with Crippen LogP contribution in [-0.2, 0) is 27.3 Å². The zero-order valence-corrected chi connectivity index (χ0v) is 19.4. The van der Waals surface area contributed by atoms with Gasteiger partial charge in [0.05, 0.1) is 6.61 Å². The van der Waals surface area contributed by atoms with E-state index in [4.69, 9.17) is 14.9 Å². The first-order chi connectivity index (χ1) is 14.9. The summed E-state index contributed by atoms with van der Waals surface area (Å²) in [5.74, 6) is -1.05. The summed E-state index contributed by atoms with van der Waals surface area (Å²) in [5.41, 5.74) is 0.777. The zero-order chi connectivity index (χ0) is 24.3. The van der Waals surface area contributed by atoms with Crippen LogP contribution in [0, 0.1) is 0 Å². The Labute approximate surface area is 194 Å². The number of ether oxygens (including phenoxy) is 2. The fourth-order valence-electron chi connectivity index (χ4n) is 2.27. The number of phenols is 1. The molecule has 0 aliphatic heterocycles. The van der Waals surface area contributed by atoms with Crippen molar-refractivity contribution in [3.8, 4) is 5.75 Å². The molecule has 2 aromatic rings. The van der Waals surface area contributed by atoms with Crippen LogP contribution in [0.15, 0.2) is 53.0 Å². The quantitative estimate of drug-likeness (QED) is 0.502. The van der Waals surface area contributed by atoms with Crippen LogP contribution >= 0.6 is 15.9 Å². The number of aromatic hydroxyl groups is 1. The number of benzene rings is 2. The number of amides is 1. The molecule has 0 heterocycles. The number of nitrogens with one attached hydrogen (secondary N) is 1. The van der Waals surface area contributed by atoms with E-state index in [9.17, 15) is 19.5 Å². The summed E-state index contributed by atoms with van der Waals surface area (Å²) >= 11 is 3.25. The Morgan fingerprint density at radius 2 is 1.69 bits per heavy atom. The van der Waals surface area contributed by atoms with Gasteiger partial charge in [-0.2, -0.15) is 0 Å². The Kier molecular flexibility index (Phi) is 10.5. The number of aliphatic carboxylic acids is 1. The molecule has 32 heavy (non-hydrogen) atoms. The first-order valence-corrected chi connectivity index (χ1v) is 10.2. The maximum atomic E-state index is 11.6. The minimum absolute atomic E-state index is 0.0176. The molecule has 0 spiro atoms. The number of hydrogen-bond donors (Lipinski definition) is 3. The van der Waals surface area contributed by atoms with E-state index in [0.29, 0.717) is 5.56 Å². The van der Waals surface area contributed by atoms with Crippen LogP contribution < -0.4 is 10.4 Å². The normalized spacial score (nSPS) is 11.4. The van der Waals surface area contributed by atoms with Crippen molar-refractivity contribution < 1.29 is 39.2 Å². The van der Waals surface area contributed by atoms with Gasteiger partial charge in [-0.05, 0) is 50.1 Å². The third-order valence-electron chi connectivity index (χ3n) is 3.67. The predicted molar refractivity (Wildman–Crippen MR) is 117 cm³/mol. The number of carboxylic acid groups (broad SMARTS) is 2. The number of carbonyl (C=O) groups excluding carboxylic acids is 2. The van der Waals surface area contributed by atoms with Gasteiger partial charge in [-0.25, -0.2) is 9.59 Å². The summed E-state index contributed by atoms with van der Waals surface area (Å²) in [7, 11) is 0. The van der Waals surface area contributed by atoms with Crippen LogP contribution in [-0.4, -0.2) is 40.1 Å². The summed E-state index contributed by atoms with van der Waals surface area (Å²) in [5, 5.41) is 30.5. The lowest BCUT2D eigenvalue weighted by molar-refractivity contribution is -0.284. The number of alkyl carbamates (subject to hydrolysis) is 1. The van der Waals surface area contributed by atoms with Crippen molar-refractivity contribution in [2.24, 2.45) is 0 Å². The van der Waals surface area contributed by atoms with Gasteiger partial charge in [-0.15, -0.1) is 0 Å². The molecule has 3 N–H and O–H groups in total. The monoisotopic (exact) mass is 510 g/mol. The van der Waals surface area contributed by atoms with E-state index in [1.165, 1.54) is 12.1 Å². The van der Waals surface area contributed by atoms with Gasteiger partial charge in [0, 0.05) is 10.9 Å². The number of phenolic OH excluding ortho intramolecular Hbond substituents is 1. The molecule has 0 radical (unpaired) electrons. The lowest BCUT2D eigenvalue weighted by atomic mass is 10.1. The molecular formula is C22H25BrNO8-. The first-order valence-electron chi connectivity index (χ1n) is 9.45. The highest BCUT2D eigenvalue weighted by Gasteiger charge is 2.24. The fraction of sp³-hybridized carbons (Fsp3) is 0.318. The number of rotatable bonds is 6. The van der Waals surface area contributed by atoms with Crippen molar-refractivity contribution in [2.45, 2.75) is 45.4 Å². The molecule has 0 saturated heterocycles. The predicted octanol–water partition coefficient (Wildman–Crippen LogP) is 3.22. The number of halogens is 1. The topological polar surface area (TPSA) is 145 Å². The minimum atomic E-state index is -1.51. The number of carbonyl (C=O) groups is 3. The minimum Gasteiger partial charge on any atom is -0.545 e. The maximum absolute atomic E-state index is 11.6. The van der Waals surface area contributed by atoms with Crippen molar-refractivity contribution in [1.29, 1.82) is 0 Å². The molecule has 9 nitrogen and oxygen atoms in total. The molecule has 1 amide bonds. The highest BCUT2D eigenvalue weighted by Crippen LogP contribution is 2.16. The molecule has 0 saturated carbocycles. The van der Waals surface area contributed by atoms with Gasteiger partial charge in [-0.1, -0.05) is 46.3 Å². The van der Waals surface area contributed by atoms with E-state index in [1.54, 1.807) is 45.0 Å². The van der Waals surface area contributed by atoms with Crippen LogP contribution in [0.5, 0.6) is 5.75 Å². The highest BCUT2D eigenvalue weighted by molar-refractivity contribution is 9.10. The third kappa shape index (κ3) is 11.2. The first kappa shape index (κ1) is 26.8. The van der Waals surface area contributed by atoms with Gasteiger partial charge in [0.2, 0.25) is 0 Å². The van der Waals surface area contributed by atoms with Crippen LogP contribution in [0.1, 0.15) is 31.9 Å². The van der Waals surface area contributed by atoms with Gasteiger partial charge >= 0.3 is 12.1 Å². The Bertz CT molecular complexity index is 909. The largest absolute Gasteiger partial charge is 0.545 e. The highest BCUT2D eigenvalue weighted by atomic mass is 79.9. The second-order valence-corrected chi connectivity index (χ2v) is 8.39. The molecule has 0 bridgehead atoms. The van der Waals surface area contributed by atoms with Gasteiger partial charge < -0.3 is 34.9 Å². The van der Waals surface area contributed by atoms with E-state index in [0.717, 1.165) is 10.0 Å². The molecular weight excluding hydrogens is 486 g/mol. The average Bonchev–Trinajstić information content (AvgIpc) is 2.67. The van der Waals surface area contributed by atoms with Gasteiger partial charge in [0.15, 0.2) is 0 Å². The summed E-state index contributed by atoms with van der Waals surface area (Å²) in [4.78, 5) is 32.7. The Hall–Kier alpha value is -3.27. The van der Waals surface area contributed by atoms with Crippen LogP contribution in [0.25, 0.3) is 0 Å². The second-order valence-electron chi connectivity index (χ2n) is 7.54. The summed E-state index contributed by atoms with van der Waals surface area (Å²) in [6.45, 7) is 5.11. The van der Waals surface area contributed by atoms with Crippen molar-refractivity contribution in [3.63, 3.8) is 0 Å². The molecule has 0 aliphatic rings. The van der Waals surface area contributed by atoms with E-state index in [1.807, 2.05) is 12.1 Å². The van der Waals surface area contributed by atoms with E-state index in [-0.39, 0.29) is 18.8 Å². The van der Waals surface area contributed by atoms with Gasteiger partial charge in [-0.3, -0.25) is 0 Å². The molecule has 1 atom stereocenters. The smallest absolute Gasteiger partial charge is 0.408 e. The molecule has 0 aromatic heterocycles. The van der Waals surface area contributed by atoms with Crippen molar-refractivity contribution >= 4 is 34.1 Å². The standard InChI is InChI=1S/C14H19NO5.C8H7BrO3/c1-14(2,3)20-13(19)15-11(12(17)18)8-9-4-6-10(16)7-5-9;9-7-4-2-1-3-6(7)5-12-8(10)11/h4-7,11,16H,8H2,1-3H3,(H,15,19)(H,17,18);1-4H,5H2,(H,10,11)/p-1/t11-;/m0./s1. The third-order valence-corrected chi connectivity index (χ3v) is 4.44. The van der Waals surface area contributed by atoms with Crippen LogP contribution in [0.3, 0.4) is 0 Å². The Morgan fingerprint density at radius 3 is 2.19 bits per heavy atom. The van der Waals surface area contributed by atoms with Crippen LogP contribution in [0.4, 0.5) is 9.59 Å². The average molecular weight is 511 g/mol. The van der Waals surface area contributed by atoms with Crippen LogP contribution in [0.2, 0.25) is 0 Å². The second kappa shape index (κ2) is 12.6. The lowest BCUT2D eigenvalue weighted by Gasteiger charge is -2.22. The van der Waals surface area contributed by atoms with Crippen molar-refractivity contribution in [2.75, 3.05) is 0 Å². The van der Waals surface area contributed by atoms with Crippen molar-refractivity contribution in [3.05, 3.63) is 64.1 Å². The summed E-state index contributed by atoms with van der Waals surface area (Å²) < 4.78 is 10.1.